The molecule has 0 heterocycles. The molecule has 8 heteroatoms. The molecule has 0 bridgehead atoms. The summed E-state index contributed by atoms with van der Waals surface area (Å²) in [5.41, 5.74) is 0.557. The summed E-state index contributed by atoms with van der Waals surface area (Å²) < 4.78 is 25.0. The van der Waals surface area contributed by atoms with Crippen LogP contribution in [0.5, 0.6) is 0 Å². The second-order valence-electron chi connectivity index (χ2n) is 6.18. The Bertz CT molecular complexity index is 715. The lowest BCUT2D eigenvalue weighted by atomic mass is 10.2. The van der Waals surface area contributed by atoms with Gasteiger partial charge in [0.1, 0.15) is 5.75 Å². The quantitative estimate of drug-likeness (QED) is 0.617. The second kappa shape index (κ2) is 9.33. The molecule has 1 fully saturated rings. The highest BCUT2D eigenvalue weighted by Crippen LogP contribution is 2.25. The van der Waals surface area contributed by atoms with Gasteiger partial charge in [0.2, 0.25) is 5.91 Å². The molecule has 0 radical (unpaired) electrons. The van der Waals surface area contributed by atoms with E-state index in [1.165, 1.54) is 0 Å². The zero-order valence-corrected chi connectivity index (χ0v) is 16.4. The molecule has 138 valence electrons. The third kappa shape index (κ3) is 6.43. The Hall–Kier alpha value is -1.41. The number of benzene rings is 1. The van der Waals surface area contributed by atoms with Gasteiger partial charge in [-0.3, -0.25) is 9.59 Å². The largest absolute Gasteiger partial charge is 0.355 e. The molecule has 2 N–H and O–H groups in total. The van der Waals surface area contributed by atoms with Crippen LogP contribution in [0.25, 0.3) is 0 Å². The fourth-order valence-electron chi connectivity index (χ4n) is 2.85. The molecule has 1 aliphatic rings. The van der Waals surface area contributed by atoms with Crippen LogP contribution >= 0.6 is 15.9 Å². The van der Waals surface area contributed by atoms with Gasteiger partial charge in [-0.1, -0.05) is 34.8 Å². The Balaban J connectivity index is 1.64. The van der Waals surface area contributed by atoms with Crippen LogP contribution in [0, 0.1) is 0 Å². The van der Waals surface area contributed by atoms with Gasteiger partial charge in [-0.15, -0.1) is 0 Å². The van der Waals surface area contributed by atoms with Gasteiger partial charge in [0.25, 0.3) is 5.91 Å². The maximum absolute atomic E-state index is 12.1. The van der Waals surface area contributed by atoms with Crippen molar-refractivity contribution in [1.82, 2.24) is 10.6 Å². The van der Waals surface area contributed by atoms with Gasteiger partial charge in [-0.25, -0.2) is 8.42 Å². The number of rotatable bonds is 8. The number of amides is 2. The lowest BCUT2D eigenvalue weighted by molar-refractivity contribution is -0.118. The van der Waals surface area contributed by atoms with Crippen molar-refractivity contribution in [2.45, 2.75) is 37.4 Å². The average molecular weight is 431 g/mol. The first-order valence-electron chi connectivity index (χ1n) is 8.40. The standard InChI is InChI=1S/C17H23BrN2O4S/c18-14-6-3-5-13(11-14)17(22)20-10-4-9-19-16(21)12-25(23,24)15-7-1-2-8-15/h3,5-6,11,15H,1-2,4,7-10,12H2,(H,19,21)(H,20,22). The molecule has 0 unspecified atom stereocenters. The molecular formula is C17H23BrN2O4S. The highest BCUT2D eigenvalue weighted by atomic mass is 79.9. The average Bonchev–Trinajstić information content (AvgIpc) is 3.09. The lowest BCUT2D eigenvalue weighted by Gasteiger charge is -2.11. The Morgan fingerprint density at radius 2 is 1.80 bits per heavy atom. The van der Waals surface area contributed by atoms with Gasteiger partial charge >= 0.3 is 0 Å². The van der Waals surface area contributed by atoms with Crippen molar-refractivity contribution in [2.75, 3.05) is 18.8 Å². The third-order valence-electron chi connectivity index (χ3n) is 4.19. The summed E-state index contributed by atoms with van der Waals surface area (Å²) in [6.45, 7) is 0.735. The first kappa shape index (κ1) is 19.9. The predicted molar refractivity (Wildman–Crippen MR) is 100 cm³/mol. The van der Waals surface area contributed by atoms with Crippen LogP contribution in [-0.2, 0) is 14.6 Å². The molecule has 6 nitrogen and oxygen atoms in total. The minimum absolute atomic E-state index is 0.184. The number of hydrogen-bond donors (Lipinski definition) is 2. The summed E-state index contributed by atoms with van der Waals surface area (Å²) in [6.07, 6.45) is 3.70. The fraction of sp³-hybridized carbons (Fsp3) is 0.529. The van der Waals surface area contributed by atoms with Gasteiger partial charge in [0.15, 0.2) is 9.84 Å². The van der Waals surface area contributed by atoms with E-state index in [9.17, 15) is 18.0 Å². The van der Waals surface area contributed by atoms with Crippen molar-refractivity contribution < 1.29 is 18.0 Å². The summed E-state index contributed by atoms with van der Waals surface area (Å²) in [6, 6.07) is 7.07. The van der Waals surface area contributed by atoms with E-state index >= 15 is 0 Å². The van der Waals surface area contributed by atoms with Crippen molar-refractivity contribution in [3.63, 3.8) is 0 Å². The molecule has 0 aromatic heterocycles. The SMILES string of the molecule is O=C(CS(=O)(=O)C1CCCC1)NCCCNC(=O)c1cccc(Br)c1. The molecule has 0 saturated heterocycles. The molecule has 1 aromatic rings. The van der Waals surface area contributed by atoms with Crippen LogP contribution in [-0.4, -0.2) is 44.3 Å². The van der Waals surface area contributed by atoms with E-state index < -0.39 is 21.5 Å². The summed E-state index contributed by atoms with van der Waals surface area (Å²) in [5, 5.41) is 5.01. The summed E-state index contributed by atoms with van der Waals surface area (Å²) >= 11 is 3.31. The van der Waals surface area contributed by atoms with E-state index in [1.54, 1.807) is 18.2 Å². The molecule has 2 amide bonds. The van der Waals surface area contributed by atoms with E-state index in [2.05, 4.69) is 26.6 Å². The highest BCUT2D eigenvalue weighted by Gasteiger charge is 2.30. The van der Waals surface area contributed by atoms with Crippen molar-refractivity contribution in [3.05, 3.63) is 34.3 Å². The molecule has 25 heavy (non-hydrogen) atoms. The van der Waals surface area contributed by atoms with Crippen LogP contribution in [0.2, 0.25) is 0 Å². The number of hydrogen-bond acceptors (Lipinski definition) is 4. The van der Waals surface area contributed by atoms with Gasteiger partial charge in [-0.2, -0.15) is 0 Å². The third-order valence-corrected chi connectivity index (χ3v) is 6.84. The highest BCUT2D eigenvalue weighted by molar-refractivity contribution is 9.10. The maximum atomic E-state index is 12.1. The Morgan fingerprint density at radius 3 is 2.48 bits per heavy atom. The number of carbonyl (C=O) groups is 2. The Labute approximate surface area is 156 Å². The summed E-state index contributed by atoms with van der Waals surface area (Å²) in [5.74, 6) is -1.09. The number of carbonyl (C=O) groups excluding carboxylic acids is 2. The van der Waals surface area contributed by atoms with Crippen molar-refractivity contribution >= 4 is 37.6 Å². The van der Waals surface area contributed by atoms with Crippen LogP contribution < -0.4 is 10.6 Å². The molecule has 0 aliphatic heterocycles. The minimum Gasteiger partial charge on any atom is -0.355 e. The normalized spacial score (nSPS) is 15.1. The molecule has 1 saturated carbocycles. The Kier molecular flexibility index (Phi) is 7.43. The van der Waals surface area contributed by atoms with Crippen molar-refractivity contribution in [1.29, 1.82) is 0 Å². The van der Waals surface area contributed by atoms with Crippen molar-refractivity contribution in [3.8, 4) is 0 Å². The Morgan fingerprint density at radius 1 is 1.12 bits per heavy atom. The van der Waals surface area contributed by atoms with Crippen LogP contribution in [0.4, 0.5) is 0 Å². The molecule has 1 aliphatic carbocycles. The molecular weight excluding hydrogens is 408 g/mol. The van der Waals surface area contributed by atoms with Crippen LogP contribution in [0.15, 0.2) is 28.7 Å². The van der Waals surface area contributed by atoms with Gasteiger partial charge in [-0.05, 0) is 37.5 Å². The monoisotopic (exact) mass is 430 g/mol. The number of sulfone groups is 1. The number of nitrogens with one attached hydrogen (secondary N) is 2. The van der Waals surface area contributed by atoms with Gasteiger partial charge < -0.3 is 10.6 Å². The van der Waals surface area contributed by atoms with E-state index in [0.717, 1.165) is 17.3 Å². The molecule has 1 aromatic carbocycles. The van der Waals surface area contributed by atoms with E-state index in [4.69, 9.17) is 0 Å². The lowest BCUT2D eigenvalue weighted by Crippen LogP contribution is -2.35. The zero-order chi connectivity index (χ0) is 18.3. The predicted octanol–water partition coefficient (Wildman–Crippen LogP) is 2.04. The fourth-order valence-corrected chi connectivity index (χ4v) is 5.00. The second-order valence-corrected chi connectivity index (χ2v) is 9.38. The minimum atomic E-state index is -3.34. The first-order valence-corrected chi connectivity index (χ1v) is 10.9. The van der Waals surface area contributed by atoms with E-state index in [-0.39, 0.29) is 11.2 Å². The van der Waals surface area contributed by atoms with E-state index in [0.29, 0.717) is 37.9 Å². The molecule has 0 atom stereocenters. The summed E-state index contributed by atoms with van der Waals surface area (Å²) in [4.78, 5) is 23.7. The first-order chi connectivity index (χ1) is 11.9. The number of halogens is 1. The zero-order valence-electron chi connectivity index (χ0n) is 14.0. The van der Waals surface area contributed by atoms with E-state index in [1.807, 2.05) is 6.07 Å². The topological polar surface area (TPSA) is 92.3 Å². The molecule has 0 spiro atoms. The summed E-state index contributed by atoms with van der Waals surface area (Å²) in [7, 11) is -3.34. The van der Waals surface area contributed by atoms with Gasteiger partial charge in [0, 0.05) is 23.1 Å². The molecule has 2 rings (SSSR count). The van der Waals surface area contributed by atoms with Crippen LogP contribution in [0.3, 0.4) is 0 Å². The maximum Gasteiger partial charge on any atom is 0.251 e. The smallest absolute Gasteiger partial charge is 0.251 e. The van der Waals surface area contributed by atoms with Gasteiger partial charge in [0.05, 0.1) is 5.25 Å². The van der Waals surface area contributed by atoms with Crippen LogP contribution in [0.1, 0.15) is 42.5 Å². The van der Waals surface area contributed by atoms with Crippen molar-refractivity contribution in [2.24, 2.45) is 0 Å².